The van der Waals surface area contributed by atoms with Gasteiger partial charge in [0, 0.05) is 67.0 Å². The van der Waals surface area contributed by atoms with Crippen molar-refractivity contribution in [3.8, 4) is 11.3 Å². The fourth-order valence-electron chi connectivity index (χ4n) is 6.70. The van der Waals surface area contributed by atoms with Crippen LogP contribution in [0.4, 0.5) is 18.0 Å². The van der Waals surface area contributed by atoms with E-state index >= 15 is 0 Å². The zero-order valence-electron chi connectivity index (χ0n) is 26.2. The van der Waals surface area contributed by atoms with Crippen LogP contribution in [0, 0.1) is 5.41 Å². The zero-order chi connectivity index (χ0) is 32.2. The number of hydrogen-bond acceptors (Lipinski definition) is 6. The first-order chi connectivity index (χ1) is 20.5. The number of rotatable bonds is 6. The first-order valence-corrected chi connectivity index (χ1v) is 14.8. The van der Waals surface area contributed by atoms with Crippen LogP contribution in [0.25, 0.3) is 22.2 Å². The van der Waals surface area contributed by atoms with Crippen LogP contribution in [0.2, 0.25) is 0 Å². The number of carbonyl (C=O) groups excluding carboxylic acids is 2. The minimum Gasteiger partial charge on any atom is -0.465 e. The maximum absolute atomic E-state index is 14.2. The lowest BCUT2D eigenvalue weighted by atomic mass is 9.67. The molecule has 0 saturated carbocycles. The van der Waals surface area contributed by atoms with E-state index in [0.29, 0.717) is 52.9 Å². The topological polar surface area (TPSA) is 82.9 Å². The van der Waals surface area contributed by atoms with Crippen molar-refractivity contribution in [3.05, 3.63) is 53.3 Å². The number of hydrogen-bond donors (Lipinski definition) is 0. The summed E-state index contributed by atoms with van der Waals surface area (Å²) in [6.07, 6.45) is -3.16. The van der Waals surface area contributed by atoms with Crippen molar-refractivity contribution in [2.24, 2.45) is 5.41 Å². The fourth-order valence-corrected chi connectivity index (χ4v) is 6.70. The number of amides is 1. The quantitative estimate of drug-likeness (QED) is 0.270. The number of esters is 1. The van der Waals surface area contributed by atoms with Crippen LogP contribution in [0.5, 0.6) is 0 Å². The lowest BCUT2D eigenvalue weighted by Gasteiger charge is -2.42. The molecule has 2 unspecified atom stereocenters. The molecule has 3 aromatic rings. The first-order valence-electron chi connectivity index (χ1n) is 14.8. The molecule has 1 saturated heterocycles. The Labute approximate surface area is 255 Å². The van der Waals surface area contributed by atoms with Gasteiger partial charge in [-0.2, -0.15) is 13.2 Å². The Kier molecular flexibility index (Phi) is 8.24. The van der Waals surface area contributed by atoms with Crippen LogP contribution < -0.4 is 0 Å². The molecule has 0 bridgehead atoms. The van der Waals surface area contributed by atoms with Gasteiger partial charge in [0.1, 0.15) is 18.2 Å². The van der Waals surface area contributed by atoms with Crippen LogP contribution >= 0.6 is 0 Å². The Balaban J connectivity index is 1.70. The maximum Gasteiger partial charge on any atom is 0.410 e. The van der Waals surface area contributed by atoms with E-state index in [2.05, 4.69) is 4.98 Å². The second kappa shape index (κ2) is 11.4. The molecule has 3 heterocycles. The van der Waals surface area contributed by atoms with Gasteiger partial charge in [-0.25, -0.2) is 4.79 Å². The Morgan fingerprint density at radius 1 is 1.09 bits per heavy atom. The van der Waals surface area contributed by atoms with Crippen molar-refractivity contribution < 1.29 is 37.0 Å². The summed E-state index contributed by atoms with van der Waals surface area (Å²) in [7, 11) is 1.56. The van der Waals surface area contributed by atoms with E-state index in [-0.39, 0.29) is 18.6 Å². The molecule has 11 heteroatoms. The van der Waals surface area contributed by atoms with E-state index in [4.69, 9.17) is 14.2 Å². The van der Waals surface area contributed by atoms with Crippen LogP contribution in [0.3, 0.4) is 0 Å². The van der Waals surface area contributed by atoms with Crippen molar-refractivity contribution in [1.82, 2.24) is 14.5 Å². The molecule has 5 rings (SSSR count). The second-order valence-corrected chi connectivity index (χ2v) is 13.5. The molecule has 44 heavy (non-hydrogen) atoms. The molecule has 3 atom stereocenters. The molecular weight excluding hydrogens is 575 g/mol. The van der Waals surface area contributed by atoms with E-state index in [9.17, 15) is 22.8 Å². The largest absolute Gasteiger partial charge is 0.465 e. The molecule has 1 amide bonds. The minimum atomic E-state index is -4.49. The molecule has 2 aliphatic rings. The van der Waals surface area contributed by atoms with Crippen molar-refractivity contribution in [1.29, 1.82) is 0 Å². The Hall–Kier alpha value is -3.60. The zero-order valence-corrected chi connectivity index (χ0v) is 26.2. The third-order valence-corrected chi connectivity index (χ3v) is 8.50. The molecule has 1 aliphatic heterocycles. The van der Waals surface area contributed by atoms with E-state index in [1.54, 1.807) is 36.4 Å². The van der Waals surface area contributed by atoms with Crippen molar-refractivity contribution >= 4 is 23.0 Å². The number of ether oxygens (including phenoxy) is 3. The molecule has 0 radical (unpaired) electrons. The lowest BCUT2D eigenvalue weighted by molar-refractivity contribution is -0.145. The molecule has 1 fully saturated rings. The van der Waals surface area contributed by atoms with Gasteiger partial charge >= 0.3 is 18.2 Å². The SMILES string of the molecule is CO[C@@H]1c2ncccc2-c2c(c3cc(C4CCN(C(=O)OC(C)(C)C)C4)ccc3n2CC(F)(F)F)C1C(C)(C)COC(C)=O. The van der Waals surface area contributed by atoms with Gasteiger partial charge in [0.2, 0.25) is 0 Å². The number of benzene rings is 1. The van der Waals surface area contributed by atoms with Gasteiger partial charge in [-0.05, 0) is 62.6 Å². The highest BCUT2D eigenvalue weighted by Crippen LogP contribution is 2.57. The molecular formula is C33H40F3N3O5. The summed E-state index contributed by atoms with van der Waals surface area (Å²) in [5, 5.41) is 0.676. The van der Waals surface area contributed by atoms with Gasteiger partial charge < -0.3 is 23.7 Å². The molecule has 0 spiro atoms. The smallest absolute Gasteiger partial charge is 0.410 e. The van der Waals surface area contributed by atoms with Gasteiger partial charge in [-0.3, -0.25) is 9.78 Å². The number of alkyl halides is 3. The highest BCUT2D eigenvalue weighted by Gasteiger charge is 2.48. The van der Waals surface area contributed by atoms with Crippen molar-refractivity contribution in [3.63, 3.8) is 0 Å². The number of nitrogens with zero attached hydrogens (tertiary/aromatic N) is 3. The maximum atomic E-state index is 14.2. The average molecular weight is 616 g/mol. The van der Waals surface area contributed by atoms with Gasteiger partial charge in [0.05, 0.1) is 18.0 Å². The van der Waals surface area contributed by atoms with Crippen molar-refractivity contribution in [2.75, 3.05) is 26.8 Å². The summed E-state index contributed by atoms with van der Waals surface area (Å²) >= 11 is 0. The van der Waals surface area contributed by atoms with Gasteiger partial charge in [-0.15, -0.1) is 0 Å². The summed E-state index contributed by atoms with van der Waals surface area (Å²) in [5.41, 5.74) is 2.27. The second-order valence-electron chi connectivity index (χ2n) is 13.5. The molecule has 1 aromatic carbocycles. The summed E-state index contributed by atoms with van der Waals surface area (Å²) in [5.74, 6) is -0.964. The number of pyridine rings is 1. The van der Waals surface area contributed by atoms with Gasteiger partial charge in [-0.1, -0.05) is 19.9 Å². The summed E-state index contributed by atoms with van der Waals surface area (Å²) in [6.45, 7) is 10.5. The van der Waals surface area contributed by atoms with Gasteiger partial charge in [0.15, 0.2) is 0 Å². The van der Waals surface area contributed by atoms with Gasteiger partial charge in [0.25, 0.3) is 0 Å². The lowest BCUT2D eigenvalue weighted by Crippen LogP contribution is -2.36. The summed E-state index contributed by atoms with van der Waals surface area (Å²) in [6, 6.07) is 9.07. The monoisotopic (exact) mass is 615 g/mol. The normalized spacial score (nSPS) is 20.4. The van der Waals surface area contributed by atoms with Crippen molar-refractivity contribution in [2.45, 2.75) is 84.2 Å². The molecule has 2 aromatic heterocycles. The van der Waals surface area contributed by atoms with Crippen LogP contribution in [-0.4, -0.2) is 65.1 Å². The third kappa shape index (κ3) is 6.16. The predicted molar refractivity (Wildman–Crippen MR) is 159 cm³/mol. The minimum absolute atomic E-state index is 0.0168. The standard InChI is InChI=1S/C33H40F3N3O5/c1-19(40)43-18-32(5,6)26-25-23-15-20(21-12-14-38(16-21)30(41)44-31(2,3)4)10-11-24(23)39(17-33(34,35)36)28(25)22-9-8-13-37-27(22)29(26)42-7/h8-11,13,15,21,26,29H,12,14,16-18H2,1-7H3/t21?,26?,29-/m0/s1. The third-order valence-electron chi connectivity index (χ3n) is 8.50. The first kappa shape index (κ1) is 31.8. The Bertz CT molecular complexity index is 1570. The highest BCUT2D eigenvalue weighted by molar-refractivity contribution is 5.95. The average Bonchev–Trinajstić information content (AvgIpc) is 3.53. The van der Waals surface area contributed by atoms with E-state index < -0.39 is 41.7 Å². The molecule has 0 N–H and O–H groups in total. The molecule has 238 valence electrons. The Morgan fingerprint density at radius 2 is 1.82 bits per heavy atom. The van der Waals surface area contributed by atoms with E-state index in [1.165, 1.54) is 11.5 Å². The number of likely N-dealkylation sites (tertiary alicyclic amines) is 1. The van der Waals surface area contributed by atoms with E-state index in [0.717, 1.165) is 5.56 Å². The summed E-state index contributed by atoms with van der Waals surface area (Å²) in [4.78, 5) is 30.9. The molecule has 1 aliphatic carbocycles. The number of methoxy groups -OCH3 is 1. The fraction of sp³-hybridized carbons (Fsp3) is 0.545. The predicted octanol–water partition coefficient (Wildman–Crippen LogP) is 7.36. The number of halogens is 3. The highest BCUT2D eigenvalue weighted by atomic mass is 19.4. The number of fused-ring (bicyclic) bond motifs is 5. The number of aromatic nitrogens is 2. The Morgan fingerprint density at radius 3 is 2.45 bits per heavy atom. The molecule has 8 nitrogen and oxygen atoms in total. The summed E-state index contributed by atoms with van der Waals surface area (Å²) < 4.78 is 60.9. The van der Waals surface area contributed by atoms with E-state index in [1.807, 2.05) is 46.8 Å². The van der Waals surface area contributed by atoms with Crippen LogP contribution in [0.15, 0.2) is 36.5 Å². The van der Waals surface area contributed by atoms with Crippen LogP contribution in [-0.2, 0) is 25.5 Å². The van der Waals surface area contributed by atoms with Crippen LogP contribution in [0.1, 0.15) is 82.7 Å². The number of carbonyl (C=O) groups is 2.